The Morgan fingerprint density at radius 1 is 0.952 bits per heavy atom. The highest BCUT2D eigenvalue weighted by atomic mass is 16.4. The Labute approximate surface area is 123 Å². The first-order valence-corrected chi connectivity index (χ1v) is 7.61. The van der Waals surface area contributed by atoms with Gasteiger partial charge in [-0.25, -0.2) is 4.79 Å². The monoisotopic (exact) mass is 284 g/mol. The van der Waals surface area contributed by atoms with Crippen LogP contribution < -0.4 is 5.63 Å². The minimum absolute atomic E-state index is 0.234. The normalized spacial score (nSPS) is 11.6. The van der Waals surface area contributed by atoms with Crippen molar-refractivity contribution in [3.05, 3.63) is 45.0 Å². The molecular formula is C18H20O3. The van der Waals surface area contributed by atoms with Crippen molar-refractivity contribution >= 4 is 21.9 Å². The number of hydrogen-bond donors (Lipinski definition) is 0. The van der Waals surface area contributed by atoms with Crippen molar-refractivity contribution in [2.24, 2.45) is 0 Å². The molecule has 3 aromatic rings. The van der Waals surface area contributed by atoms with E-state index in [1.807, 2.05) is 13.0 Å². The van der Waals surface area contributed by atoms with E-state index in [0.717, 1.165) is 52.3 Å². The van der Waals surface area contributed by atoms with Gasteiger partial charge in [0.05, 0.1) is 6.26 Å². The molecule has 1 aromatic carbocycles. The Morgan fingerprint density at radius 2 is 1.62 bits per heavy atom. The van der Waals surface area contributed by atoms with Crippen LogP contribution in [0.3, 0.4) is 0 Å². The summed E-state index contributed by atoms with van der Waals surface area (Å²) in [4.78, 5) is 12.2. The van der Waals surface area contributed by atoms with Gasteiger partial charge in [0.1, 0.15) is 11.2 Å². The molecule has 0 aliphatic rings. The van der Waals surface area contributed by atoms with E-state index in [2.05, 4.69) is 20.8 Å². The molecule has 3 rings (SSSR count). The van der Waals surface area contributed by atoms with Crippen molar-refractivity contribution in [1.82, 2.24) is 0 Å². The zero-order valence-corrected chi connectivity index (χ0v) is 13.0. The molecule has 0 N–H and O–H groups in total. The second-order valence-electron chi connectivity index (χ2n) is 5.38. The molecule has 3 heteroatoms. The molecule has 0 atom stereocenters. The first-order valence-electron chi connectivity index (χ1n) is 7.61. The molecule has 0 spiro atoms. The van der Waals surface area contributed by atoms with Crippen LogP contribution in [0.2, 0.25) is 0 Å². The van der Waals surface area contributed by atoms with Crippen LogP contribution in [-0.2, 0) is 19.3 Å². The zero-order chi connectivity index (χ0) is 15.1. The molecule has 0 aliphatic carbocycles. The number of hydrogen-bond acceptors (Lipinski definition) is 3. The Hall–Kier alpha value is -2.03. The van der Waals surface area contributed by atoms with E-state index < -0.39 is 0 Å². The van der Waals surface area contributed by atoms with Crippen LogP contribution in [0, 0.1) is 6.92 Å². The topological polar surface area (TPSA) is 43.4 Å². The molecule has 0 aliphatic heterocycles. The Balaban J connectivity index is 2.69. The van der Waals surface area contributed by atoms with Crippen LogP contribution >= 0.6 is 0 Å². The first-order chi connectivity index (χ1) is 10.1. The third-order valence-corrected chi connectivity index (χ3v) is 4.38. The first kappa shape index (κ1) is 13.9. The van der Waals surface area contributed by atoms with E-state index in [-0.39, 0.29) is 5.63 Å². The molecule has 0 amide bonds. The fourth-order valence-electron chi connectivity index (χ4n) is 3.35. The minimum Gasteiger partial charge on any atom is -0.464 e. The van der Waals surface area contributed by atoms with Crippen molar-refractivity contribution in [1.29, 1.82) is 0 Å². The lowest BCUT2D eigenvalue weighted by Gasteiger charge is -2.14. The summed E-state index contributed by atoms with van der Waals surface area (Å²) in [6.07, 6.45) is 4.21. The summed E-state index contributed by atoms with van der Waals surface area (Å²) in [7, 11) is 0. The quantitative estimate of drug-likeness (QED) is 0.663. The molecule has 2 heterocycles. The molecular weight excluding hydrogens is 264 g/mol. The summed E-state index contributed by atoms with van der Waals surface area (Å²) in [5.41, 5.74) is 5.38. The van der Waals surface area contributed by atoms with Crippen LogP contribution in [0.5, 0.6) is 0 Å². The molecule has 0 bridgehead atoms. The van der Waals surface area contributed by atoms with Crippen LogP contribution in [0.25, 0.3) is 21.9 Å². The van der Waals surface area contributed by atoms with Crippen LogP contribution in [0.15, 0.2) is 26.0 Å². The van der Waals surface area contributed by atoms with Gasteiger partial charge >= 0.3 is 5.63 Å². The van der Waals surface area contributed by atoms with E-state index in [1.165, 1.54) is 5.56 Å². The Morgan fingerprint density at radius 3 is 2.24 bits per heavy atom. The van der Waals surface area contributed by atoms with Crippen molar-refractivity contribution in [3.8, 4) is 0 Å². The van der Waals surface area contributed by atoms with Gasteiger partial charge in [0.25, 0.3) is 0 Å². The highest BCUT2D eigenvalue weighted by Gasteiger charge is 2.20. The largest absolute Gasteiger partial charge is 0.464 e. The molecule has 2 aromatic heterocycles. The molecule has 0 saturated carbocycles. The van der Waals surface area contributed by atoms with E-state index in [1.54, 1.807) is 6.26 Å². The van der Waals surface area contributed by atoms with Gasteiger partial charge in [-0.15, -0.1) is 0 Å². The van der Waals surface area contributed by atoms with Gasteiger partial charge in [-0.3, -0.25) is 0 Å². The van der Waals surface area contributed by atoms with Gasteiger partial charge in [-0.1, -0.05) is 20.8 Å². The SMILES string of the molecule is CCc1c2occc2c(CC)c2c(CC)c(C)c(=O)oc12. The molecule has 21 heavy (non-hydrogen) atoms. The Bertz CT molecular complexity index is 881. The maximum absolute atomic E-state index is 12.2. The minimum atomic E-state index is -0.234. The molecule has 0 fully saturated rings. The summed E-state index contributed by atoms with van der Waals surface area (Å²) in [6.45, 7) is 8.14. The summed E-state index contributed by atoms with van der Waals surface area (Å²) in [5.74, 6) is 0. The maximum Gasteiger partial charge on any atom is 0.339 e. The molecule has 0 radical (unpaired) electrons. The van der Waals surface area contributed by atoms with Crippen LogP contribution in [0.4, 0.5) is 0 Å². The predicted molar refractivity (Wildman–Crippen MR) is 85.1 cm³/mol. The van der Waals surface area contributed by atoms with Crippen molar-refractivity contribution < 1.29 is 8.83 Å². The second kappa shape index (κ2) is 5.06. The fourth-order valence-corrected chi connectivity index (χ4v) is 3.35. The van der Waals surface area contributed by atoms with Crippen molar-refractivity contribution in [2.75, 3.05) is 0 Å². The number of fused-ring (bicyclic) bond motifs is 2. The summed E-state index contributed by atoms with van der Waals surface area (Å²) < 4.78 is 11.3. The van der Waals surface area contributed by atoms with Crippen molar-refractivity contribution in [2.45, 2.75) is 47.0 Å². The molecule has 0 unspecified atom stereocenters. The van der Waals surface area contributed by atoms with E-state index in [0.29, 0.717) is 5.58 Å². The van der Waals surface area contributed by atoms with Gasteiger partial charge in [-0.05, 0) is 43.4 Å². The molecule has 0 saturated heterocycles. The van der Waals surface area contributed by atoms with Crippen molar-refractivity contribution in [3.63, 3.8) is 0 Å². The number of aryl methyl sites for hydroxylation is 3. The van der Waals surface area contributed by atoms with Gasteiger partial charge in [0.15, 0.2) is 0 Å². The molecule has 3 nitrogen and oxygen atoms in total. The van der Waals surface area contributed by atoms with Gasteiger partial charge in [-0.2, -0.15) is 0 Å². The number of furan rings is 1. The van der Waals surface area contributed by atoms with Crippen LogP contribution in [-0.4, -0.2) is 0 Å². The second-order valence-corrected chi connectivity index (χ2v) is 5.38. The zero-order valence-electron chi connectivity index (χ0n) is 13.0. The lowest BCUT2D eigenvalue weighted by molar-refractivity contribution is 0.546. The van der Waals surface area contributed by atoms with E-state index >= 15 is 0 Å². The third kappa shape index (κ3) is 1.84. The fraction of sp³-hybridized carbons (Fsp3) is 0.389. The van der Waals surface area contributed by atoms with Gasteiger partial charge in [0.2, 0.25) is 0 Å². The summed E-state index contributed by atoms with van der Waals surface area (Å²) in [5, 5.41) is 2.26. The average molecular weight is 284 g/mol. The van der Waals surface area contributed by atoms with E-state index in [4.69, 9.17) is 8.83 Å². The highest BCUT2D eigenvalue weighted by molar-refractivity contribution is 6.02. The van der Waals surface area contributed by atoms with E-state index in [9.17, 15) is 4.79 Å². The maximum atomic E-state index is 12.2. The smallest absolute Gasteiger partial charge is 0.339 e. The third-order valence-electron chi connectivity index (χ3n) is 4.38. The summed E-state index contributed by atoms with van der Waals surface area (Å²) in [6, 6.07) is 2.02. The standard InChI is InChI=1S/C18H20O3/c1-5-11-10(4)18(19)21-17-13(7-3)16-14(8-9-20-16)12(6-2)15(11)17/h8-9H,5-7H2,1-4H3. The Kier molecular flexibility index (Phi) is 3.36. The highest BCUT2D eigenvalue weighted by Crippen LogP contribution is 2.36. The van der Waals surface area contributed by atoms with Gasteiger partial charge < -0.3 is 8.83 Å². The van der Waals surface area contributed by atoms with Crippen LogP contribution in [0.1, 0.15) is 43.0 Å². The molecule has 110 valence electrons. The lowest BCUT2D eigenvalue weighted by atomic mass is 9.92. The average Bonchev–Trinajstić information content (AvgIpc) is 2.95. The predicted octanol–water partition coefficient (Wildman–Crippen LogP) is 4.53. The summed E-state index contributed by atoms with van der Waals surface area (Å²) >= 11 is 0. The van der Waals surface area contributed by atoms with Gasteiger partial charge in [0, 0.05) is 21.9 Å². The number of benzene rings is 1. The lowest BCUT2D eigenvalue weighted by Crippen LogP contribution is -2.10. The number of rotatable bonds is 3.